The third-order valence-electron chi connectivity index (χ3n) is 2.43. The van der Waals surface area contributed by atoms with Crippen molar-refractivity contribution >= 4 is 11.3 Å². The lowest BCUT2D eigenvalue weighted by Gasteiger charge is -2.14. The molecule has 0 aliphatic rings. The second kappa shape index (κ2) is 5.82. The molecule has 0 amide bonds. The fourth-order valence-corrected chi connectivity index (χ4v) is 2.23. The van der Waals surface area contributed by atoms with Gasteiger partial charge in [-0.15, -0.1) is 11.3 Å². The van der Waals surface area contributed by atoms with Gasteiger partial charge in [-0.1, -0.05) is 6.92 Å². The number of thiazole rings is 1. The summed E-state index contributed by atoms with van der Waals surface area (Å²) in [4.78, 5) is 4.36. The smallest absolute Gasteiger partial charge is 0.105 e. The van der Waals surface area contributed by atoms with Gasteiger partial charge in [-0.25, -0.2) is 4.98 Å². The maximum Gasteiger partial charge on any atom is 0.105 e. The molecule has 3 nitrogen and oxygen atoms in total. The molecule has 0 aliphatic heterocycles. The minimum absolute atomic E-state index is 0.261. The Balaban J connectivity index is 2.03. The number of furan rings is 1. The van der Waals surface area contributed by atoms with E-state index in [9.17, 15) is 0 Å². The highest BCUT2D eigenvalue weighted by Crippen LogP contribution is 2.18. The Morgan fingerprint density at radius 1 is 1.56 bits per heavy atom. The van der Waals surface area contributed by atoms with Gasteiger partial charge >= 0.3 is 0 Å². The van der Waals surface area contributed by atoms with Gasteiger partial charge in [0, 0.05) is 11.8 Å². The second-order valence-corrected chi connectivity index (χ2v) is 4.42. The fraction of sp³-hybridized carbons (Fsp3) is 0.417. The van der Waals surface area contributed by atoms with Crippen molar-refractivity contribution in [2.24, 2.45) is 0 Å². The summed E-state index contributed by atoms with van der Waals surface area (Å²) < 4.78 is 5.38. The number of hydrogen-bond acceptors (Lipinski definition) is 4. The van der Waals surface area contributed by atoms with E-state index in [-0.39, 0.29) is 6.04 Å². The summed E-state index contributed by atoms with van der Waals surface area (Å²) in [6.45, 7) is 3.17. The second-order valence-electron chi connectivity index (χ2n) is 3.70. The lowest BCUT2D eigenvalue weighted by Crippen LogP contribution is -2.24. The van der Waals surface area contributed by atoms with Crippen LogP contribution in [-0.2, 0) is 6.42 Å². The van der Waals surface area contributed by atoms with Gasteiger partial charge in [0.15, 0.2) is 0 Å². The molecule has 2 rings (SSSR count). The van der Waals surface area contributed by atoms with Crippen molar-refractivity contribution in [1.82, 2.24) is 10.3 Å². The molecule has 1 atom stereocenters. The average molecular weight is 236 g/mol. The van der Waals surface area contributed by atoms with Crippen LogP contribution in [0.4, 0.5) is 0 Å². The summed E-state index contributed by atoms with van der Waals surface area (Å²) in [5, 5.41) is 5.59. The van der Waals surface area contributed by atoms with Crippen LogP contribution in [0.25, 0.3) is 0 Å². The molecule has 16 heavy (non-hydrogen) atoms. The molecule has 0 bridgehead atoms. The lowest BCUT2D eigenvalue weighted by molar-refractivity contribution is 0.445. The minimum atomic E-state index is 0.261. The first kappa shape index (κ1) is 11.4. The first-order chi connectivity index (χ1) is 7.90. The third-order valence-corrected chi connectivity index (χ3v) is 3.04. The largest absolute Gasteiger partial charge is 0.469 e. The van der Waals surface area contributed by atoms with Crippen molar-refractivity contribution in [2.75, 3.05) is 6.54 Å². The van der Waals surface area contributed by atoms with Gasteiger partial charge in [-0.2, -0.15) is 0 Å². The quantitative estimate of drug-likeness (QED) is 0.837. The zero-order valence-corrected chi connectivity index (χ0v) is 10.2. The van der Waals surface area contributed by atoms with Crippen LogP contribution in [0.2, 0.25) is 0 Å². The monoisotopic (exact) mass is 236 g/mol. The van der Waals surface area contributed by atoms with E-state index in [1.807, 2.05) is 17.6 Å². The van der Waals surface area contributed by atoms with Crippen LogP contribution in [0.5, 0.6) is 0 Å². The molecule has 0 saturated heterocycles. The zero-order valence-electron chi connectivity index (χ0n) is 9.35. The zero-order chi connectivity index (χ0) is 11.2. The molecule has 1 unspecified atom stereocenters. The Morgan fingerprint density at radius 2 is 2.50 bits per heavy atom. The topological polar surface area (TPSA) is 38.1 Å². The van der Waals surface area contributed by atoms with E-state index in [1.165, 1.54) is 0 Å². The van der Waals surface area contributed by atoms with E-state index in [4.69, 9.17) is 4.42 Å². The van der Waals surface area contributed by atoms with Crippen LogP contribution in [0, 0.1) is 0 Å². The number of nitrogens with zero attached hydrogens (tertiary/aromatic N) is 1. The Hall–Kier alpha value is -1.13. The maximum atomic E-state index is 5.38. The highest BCUT2D eigenvalue weighted by Gasteiger charge is 2.14. The van der Waals surface area contributed by atoms with E-state index in [0.717, 1.165) is 30.8 Å². The molecular weight excluding hydrogens is 220 g/mol. The van der Waals surface area contributed by atoms with E-state index in [2.05, 4.69) is 22.6 Å². The summed E-state index contributed by atoms with van der Waals surface area (Å²) >= 11 is 1.63. The Morgan fingerprint density at radius 3 is 3.12 bits per heavy atom. The fourth-order valence-electron chi connectivity index (χ4n) is 1.62. The Bertz CT molecular complexity index is 383. The molecule has 0 spiro atoms. The van der Waals surface area contributed by atoms with E-state index < -0.39 is 0 Å². The number of rotatable bonds is 6. The molecule has 0 radical (unpaired) electrons. The molecule has 0 aliphatic carbocycles. The number of aromatic nitrogens is 1. The van der Waals surface area contributed by atoms with Crippen LogP contribution in [-0.4, -0.2) is 11.5 Å². The van der Waals surface area contributed by atoms with Crippen molar-refractivity contribution in [3.63, 3.8) is 0 Å². The van der Waals surface area contributed by atoms with E-state index in [1.54, 1.807) is 17.6 Å². The normalized spacial score (nSPS) is 12.8. The SMILES string of the molecule is CCCNC(Cc1ccco1)c1cscn1. The Kier molecular flexibility index (Phi) is 4.13. The van der Waals surface area contributed by atoms with Crippen molar-refractivity contribution in [1.29, 1.82) is 0 Å². The molecule has 0 aromatic carbocycles. The Labute approximate surface area is 99.5 Å². The van der Waals surface area contributed by atoms with Gasteiger partial charge in [0.2, 0.25) is 0 Å². The lowest BCUT2D eigenvalue weighted by atomic mass is 10.1. The molecule has 2 aromatic rings. The molecule has 86 valence electrons. The van der Waals surface area contributed by atoms with Gasteiger partial charge < -0.3 is 9.73 Å². The van der Waals surface area contributed by atoms with Crippen LogP contribution < -0.4 is 5.32 Å². The summed E-state index contributed by atoms with van der Waals surface area (Å²) in [5.74, 6) is 1.00. The molecule has 2 aromatic heterocycles. The predicted molar refractivity (Wildman–Crippen MR) is 65.6 cm³/mol. The van der Waals surface area contributed by atoms with Crippen molar-refractivity contribution in [3.05, 3.63) is 40.7 Å². The molecule has 1 N–H and O–H groups in total. The first-order valence-corrected chi connectivity index (χ1v) is 6.48. The van der Waals surface area contributed by atoms with Gasteiger partial charge in [0.25, 0.3) is 0 Å². The molecule has 0 saturated carbocycles. The van der Waals surface area contributed by atoms with Crippen molar-refractivity contribution < 1.29 is 4.42 Å². The molecule has 4 heteroatoms. The van der Waals surface area contributed by atoms with Crippen LogP contribution in [0.3, 0.4) is 0 Å². The first-order valence-electron chi connectivity index (χ1n) is 5.54. The number of hydrogen-bond donors (Lipinski definition) is 1. The van der Waals surface area contributed by atoms with Gasteiger partial charge in [-0.05, 0) is 25.1 Å². The van der Waals surface area contributed by atoms with E-state index in [0.29, 0.717) is 0 Å². The van der Waals surface area contributed by atoms with Crippen molar-refractivity contribution in [2.45, 2.75) is 25.8 Å². The van der Waals surface area contributed by atoms with Crippen molar-refractivity contribution in [3.8, 4) is 0 Å². The maximum absolute atomic E-state index is 5.38. The summed E-state index contributed by atoms with van der Waals surface area (Å²) in [5.41, 5.74) is 2.98. The average Bonchev–Trinajstić information content (AvgIpc) is 2.96. The third kappa shape index (κ3) is 2.93. The van der Waals surface area contributed by atoms with Gasteiger partial charge in [0.05, 0.1) is 23.5 Å². The van der Waals surface area contributed by atoms with Gasteiger partial charge in [-0.3, -0.25) is 0 Å². The minimum Gasteiger partial charge on any atom is -0.469 e. The summed E-state index contributed by atoms with van der Waals surface area (Å²) in [6, 6.07) is 4.19. The highest BCUT2D eigenvalue weighted by molar-refractivity contribution is 7.07. The van der Waals surface area contributed by atoms with Crippen LogP contribution >= 0.6 is 11.3 Å². The highest BCUT2D eigenvalue weighted by atomic mass is 32.1. The van der Waals surface area contributed by atoms with E-state index >= 15 is 0 Å². The predicted octanol–water partition coefficient (Wildman–Crippen LogP) is 3.02. The molecule has 2 heterocycles. The van der Waals surface area contributed by atoms with Gasteiger partial charge in [0.1, 0.15) is 5.76 Å². The molecule has 0 fully saturated rings. The number of nitrogens with one attached hydrogen (secondary N) is 1. The molecular formula is C12H16N2OS. The summed E-state index contributed by atoms with van der Waals surface area (Å²) in [6.07, 6.45) is 3.70. The van der Waals surface area contributed by atoms with Crippen LogP contribution in [0.1, 0.15) is 30.8 Å². The summed E-state index contributed by atoms with van der Waals surface area (Å²) in [7, 11) is 0. The van der Waals surface area contributed by atoms with Crippen LogP contribution in [0.15, 0.2) is 33.7 Å². The standard InChI is InChI=1S/C12H16N2OS/c1-2-5-13-11(12-8-16-9-14-12)7-10-4-3-6-15-10/h3-4,6,8-9,11,13H,2,5,7H2,1H3.